The van der Waals surface area contributed by atoms with Crippen molar-refractivity contribution in [3.63, 3.8) is 0 Å². The molecule has 0 aliphatic carbocycles. The highest BCUT2D eigenvalue weighted by Crippen LogP contribution is 2.37. The summed E-state index contributed by atoms with van der Waals surface area (Å²) in [7, 11) is 1.93. The molecule has 9 heteroatoms. The molecule has 5 aromatic rings. The molecule has 1 fully saturated rings. The Kier molecular flexibility index (Phi) is 6.83. The molecule has 0 saturated carbocycles. The number of nitrogens with zero attached hydrogens (tertiary/aromatic N) is 7. The number of benzene rings is 1. The molecule has 1 N–H and O–H groups in total. The van der Waals surface area contributed by atoms with E-state index < -0.39 is 0 Å². The van der Waals surface area contributed by atoms with Gasteiger partial charge in [0.25, 0.3) is 0 Å². The highest BCUT2D eigenvalue weighted by molar-refractivity contribution is 6.00. The van der Waals surface area contributed by atoms with Gasteiger partial charge >= 0.3 is 0 Å². The fraction of sp³-hybridized carbons (Fsp3) is 0.367. The van der Waals surface area contributed by atoms with E-state index in [1.807, 2.05) is 36.3 Å². The van der Waals surface area contributed by atoms with Crippen LogP contribution in [0.2, 0.25) is 0 Å². The van der Waals surface area contributed by atoms with Crippen molar-refractivity contribution in [3.8, 4) is 17.0 Å². The summed E-state index contributed by atoms with van der Waals surface area (Å²) in [5, 5.41) is 10.0. The van der Waals surface area contributed by atoms with Gasteiger partial charge in [0.2, 0.25) is 5.88 Å². The predicted octanol–water partition coefficient (Wildman–Crippen LogP) is 5.40. The number of likely N-dealkylation sites (tertiary alicyclic amines) is 1. The number of rotatable bonds is 7. The molecule has 4 aromatic heterocycles. The van der Waals surface area contributed by atoms with Gasteiger partial charge in [0, 0.05) is 44.1 Å². The first-order chi connectivity index (χ1) is 19.0. The van der Waals surface area contributed by atoms with E-state index in [9.17, 15) is 0 Å². The molecule has 0 spiro atoms. The van der Waals surface area contributed by atoms with Crippen LogP contribution in [0.3, 0.4) is 0 Å². The van der Waals surface area contributed by atoms with Crippen LogP contribution < -0.4 is 10.1 Å². The summed E-state index contributed by atoms with van der Waals surface area (Å²) in [4.78, 5) is 20.9. The SMILES string of the molecule is CC(C)N1CCC(Oc2nc([C@H](C)Nc3ncnc4cccnc34)cc3cccc(-c4cnn(C)c4)c23)CC1. The standard InChI is InChI=1S/C30H34N8O/c1-19(2)38-13-10-23(11-14-38)39-30-27-21(7-5-8-24(27)22-16-34-37(4)17-22)15-26(36-30)20(3)35-29-28-25(32-18-33-29)9-6-12-31-28/h5-9,12,15-20,23H,10-11,13-14H2,1-4H3,(H,32,33,35)/t20-/m0/s1. The van der Waals surface area contributed by atoms with Crippen LogP contribution in [-0.4, -0.2) is 59.9 Å². The molecule has 1 aliphatic heterocycles. The van der Waals surface area contributed by atoms with Gasteiger partial charge < -0.3 is 15.0 Å². The van der Waals surface area contributed by atoms with Crippen molar-refractivity contribution in [2.45, 2.75) is 51.8 Å². The number of pyridine rings is 2. The Bertz CT molecular complexity index is 1600. The Hall–Kier alpha value is -4.11. The second kappa shape index (κ2) is 10.6. The zero-order valence-corrected chi connectivity index (χ0v) is 22.9. The quantitative estimate of drug-likeness (QED) is 0.304. The highest BCUT2D eigenvalue weighted by Gasteiger charge is 2.25. The molecule has 1 atom stereocenters. The van der Waals surface area contributed by atoms with Crippen molar-refractivity contribution in [2.75, 3.05) is 18.4 Å². The number of anilines is 1. The van der Waals surface area contributed by atoms with E-state index in [1.54, 1.807) is 12.5 Å². The molecule has 1 aliphatic rings. The van der Waals surface area contributed by atoms with Gasteiger partial charge in [-0.25, -0.2) is 15.0 Å². The Morgan fingerprint density at radius 1 is 1.03 bits per heavy atom. The molecular formula is C30H34N8O. The van der Waals surface area contributed by atoms with E-state index in [1.165, 1.54) is 0 Å². The Balaban J connectivity index is 1.39. The lowest BCUT2D eigenvalue weighted by molar-refractivity contribution is 0.0822. The number of aromatic nitrogens is 6. The van der Waals surface area contributed by atoms with Crippen LogP contribution in [-0.2, 0) is 7.05 Å². The summed E-state index contributed by atoms with van der Waals surface area (Å²) in [6, 6.07) is 12.7. The number of hydrogen-bond donors (Lipinski definition) is 1. The normalized spacial score (nSPS) is 15.7. The second-order valence-electron chi connectivity index (χ2n) is 10.6. The third-order valence-electron chi connectivity index (χ3n) is 7.54. The Morgan fingerprint density at radius 2 is 1.87 bits per heavy atom. The van der Waals surface area contributed by atoms with Crippen LogP contribution in [0, 0.1) is 0 Å². The maximum Gasteiger partial charge on any atom is 0.222 e. The molecule has 6 rings (SSSR count). The number of piperidine rings is 1. The molecule has 5 heterocycles. The summed E-state index contributed by atoms with van der Waals surface area (Å²) in [5.74, 6) is 1.35. The van der Waals surface area contributed by atoms with E-state index in [0.29, 0.717) is 17.7 Å². The van der Waals surface area contributed by atoms with Crippen LogP contribution >= 0.6 is 0 Å². The fourth-order valence-electron chi connectivity index (χ4n) is 5.35. The van der Waals surface area contributed by atoms with Crippen LogP contribution in [0.5, 0.6) is 5.88 Å². The predicted molar refractivity (Wildman–Crippen MR) is 154 cm³/mol. The summed E-state index contributed by atoms with van der Waals surface area (Å²) in [6.45, 7) is 8.65. The number of aryl methyl sites for hydroxylation is 1. The van der Waals surface area contributed by atoms with E-state index in [4.69, 9.17) is 9.72 Å². The molecule has 200 valence electrons. The zero-order valence-electron chi connectivity index (χ0n) is 22.9. The lowest BCUT2D eigenvalue weighted by Crippen LogP contribution is -2.41. The van der Waals surface area contributed by atoms with Gasteiger partial charge in [0.05, 0.1) is 28.8 Å². The largest absolute Gasteiger partial charge is 0.474 e. The smallest absolute Gasteiger partial charge is 0.222 e. The summed E-state index contributed by atoms with van der Waals surface area (Å²) in [5.41, 5.74) is 4.53. The molecule has 39 heavy (non-hydrogen) atoms. The second-order valence-corrected chi connectivity index (χ2v) is 10.6. The van der Waals surface area contributed by atoms with Gasteiger partial charge in [-0.3, -0.25) is 9.67 Å². The topological polar surface area (TPSA) is 93.9 Å². The lowest BCUT2D eigenvalue weighted by Gasteiger charge is -2.34. The van der Waals surface area contributed by atoms with Crippen LogP contribution in [0.25, 0.3) is 32.9 Å². The number of hydrogen-bond acceptors (Lipinski definition) is 8. The molecule has 1 saturated heterocycles. The first-order valence-electron chi connectivity index (χ1n) is 13.6. The van der Waals surface area contributed by atoms with E-state index >= 15 is 0 Å². The molecular weight excluding hydrogens is 488 g/mol. The minimum atomic E-state index is -0.137. The Morgan fingerprint density at radius 3 is 2.64 bits per heavy atom. The van der Waals surface area contributed by atoms with Gasteiger partial charge in [0.15, 0.2) is 5.82 Å². The van der Waals surface area contributed by atoms with Gasteiger partial charge in [-0.05, 0) is 62.8 Å². The van der Waals surface area contributed by atoms with Crippen LogP contribution in [0.15, 0.2) is 61.3 Å². The highest BCUT2D eigenvalue weighted by atomic mass is 16.5. The third kappa shape index (κ3) is 5.14. The summed E-state index contributed by atoms with van der Waals surface area (Å²) >= 11 is 0. The maximum atomic E-state index is 6.75. The van der Waals surface area contributed by atoms with E-state index in [2.05, 4.69) is 75.3 Å². The van der Waals surface area contributed by atoms with Crippen molar-refractivity contribution in [2.24, 2.45) is 7.05 Å². The van der Waals surface area contributed by atoms with E-state index in [0.717, 1.165) is 64.6 Å². The number of nitrogens with one attached hydrogen (secondary N) is 1. The van der Waals surface area contributed by atoms with Crippen molar-refractivity contribution in [1.82, 2.24) is 34.6 Å². The van der Waals surface area contributed by atoms with Crippen molar-refractivity contribution >= 4 is 27.6 Å². The minimum Gasteiger partial charge on any atom is -0.474 e. The van der Waals surface area contributed by atoms with Gasteiger partial charge in [-0.15, -0.1) is 0 Å². The van der Waals surface area contributed by atoms with Crippen LogP contribution in [0.1, 0.15) is 45.3 Å². The average Bonchev–Trinajstić information content (AvgIpc) is 3.39. The molecule has 1 aromatic carbocycles. The van der Waals surface area contributed by atoms with Crippen LogP contribution in [0.4, 0.5) is 5.82 Å². The first-order valence-corrected chi connectivity index (χ1v) is 13.6. The number of fused-ring (bicyclic) bond motifs is 2. The van der Waals surface area contributed by atoms with Gasteiger partial charge in [-0.1, -0.05) is 18.2 Å². The molecule has 0 amide bonds. The van der Waals surface area contributed by atoms with Crippen molar-refractivity contribution in [1.29, 1.82) is 0 Å². The summed E-state index contributed by atoms with van der Waals surface area (Å²) < 4.78 is 8.57. The fourth-order valence-corrected chi connectivity index (χ4v) is 5.35. The molecule has 9 nitrogen and oxygen atoms in total. The minimum absolute atomic E-state index is 0.117. The van der Waals surface area contributed by atoms with Crippen molar-refractivity contribution in [3.05, 3.63) is 67.0 Å². The molecule has 0 bridgehead atoms. The van der Waals surface area contributed by atoms with Crippen molar-refractivity contribution < 1.29 is 4.74 Å². The average molecular weight is 523 g/mol. The van der Waals surface area contributed by atoms with Gasteiger partial charge in [0.1, 0.15) is 17.9 Å². The third-order valence-corrected chi connectivity index (χ3v) is 7.54. The zero-order chi connectivity index (χ0) is 26.9. The number of ether oxygens (including phenoxy) is 1. The molecule has 0 radical (unpaired) electrons. The molecule has 0 unspecified atom stereocenters. The first kappa shape index (κ1) is 25.2. The van der Waals surface area contributed by atoms with E-state index in [-0.39, 0.29) is 12.1 Å². The summed E-state index contributed by atoms with van der Waals surface area (Å²) in [6.07, 6.45) is 9.32. The lowest BCUT2D eigenvalue weighted by atomic mass is 10.00. The van der Waals surface area contributed by atoms with Gasteiger partial charge in [-0.2, -0.15) is 5.10 Å². The Labute approximate surface area is 228 Å². The maximum absolute atomic E-state index is 6.75. The monoisotopic (exact) mass is 522 g/mol.